The molecule has 138 valence electrons. The smallest absolute Gasteiger partial charge is 0.297 e. The molecule has 1 N–H and O–H groups in total. The van der Waals surface area contributed by atoms with Gasteiger partial charge in [0, 0.05) is 24.2 Å². The molecule has 0 saturated carbocycles. The molecule has 7 heteroatoms. The molecule has 1 aromatic heterocycles. The van der Waals surface area contributed by atoms with Crippen molar-refractivity contribution < 1.29 is 17.2 Å². The zero-order chi connectivity index (χ0) is 18.3. The van der Waals surface area contributed by atoms with Crippen molar-refractivity contribution >= 4 is 21.3 Å². The Kier molecular flexibility index (Phi) is 4.56. The van der Waals surface area contributed by atoms with Gasteiger partial charge in [0.2, 0.25) is 0 Å². The molecule has 0 radical (unpaired) electrons. The fraction of sp³-hybridized carbons (Fsp3) is 0.421. The van der Waals surface area contributed by atoms with Crippen LogP contribution < -0.4 is 0 Å². The maximum Gasteiger partial charge on any atom is 0.398 e. The Morgan fingerprint density at radius 3 is 2.85 bits per heavy atom. The molecule has 3 aliphatic heterocycles. The minimum atomic E-state index is -4.59. The molecule has 0 aliphatic carbocycles. The summed E-state index contributed by atoms with van der Waals surface area (Å²) in [6, 6.07) is 9.23. The number of hydrogen-bond acceptors (Lipinski definition) is 5. The van der Waals surface area contributed by atoms with Crippen LogP contribution in [0.2, 0.25) is 0 Å². The lowest BCUT2D eigenvalue weighted by Gasteiger charge is -2.51. The number of hydrogen-bond donors (Lipinski definition) is 1. The average molecular weight is 374 g/mol. The Balaban J connectivity index is 1.77. The lowest BCUT2D eigenvalue weighted by atomic mass is 9.73. The summed E-state index contributed by atoms with van der Waals surface area (Å²) in [5.41, 5.74) is 1.51. The molecule has 2 aromatic rings. The quantitative estimate of drug-likeness (QED) is 0.640. The average Bonchev–Trinajstić information content (AvgIpc) is 2.65. The van der Waals surface area contributed by atoms with Gasteiger partial charge in [0.1, 0.15) is 6.10 Å². The number of piperidine rings is 3. The summed E-state index contributed by atoms with van der Waals surface area (Å²) in [6.07, 6.45) is 4.76. The SMILES string of the molecule is C=C[C@H]1CN2CC[C@H]1C[C@H]2[C@H](OS(=O)(=O)O)c1ccnc2ccccc12. The molecule has 3 aliphatic rings. The second kappa shape index (κ2) is 6.74. The highest BCUT2D eigenvalue weighted by molar-refractivity contribution is 7.80. The van der Waals surface area contributed by atoms with Crippen LogP contribution in [0.1, 0.15) is 24.5 Å². The topological polar surface area (TPSA) is 79.7 Å². The molecule has 5 rings (SSSR count). The molecule has 5 atom stereocenters. The van der Waals surface area contributed by atoms with Crippen LogP contribution in [0, 0.1) is 11.8 Å². The Morgan fingerprint density at radius 1 is 1.35 bits per heavy atom. The minimum absolute atomic E-state index is 0.113. The molecule has 26 heavy (non-hydrogen) atoms. The number of para-hydroxylation sites is 1. The summed E-state index contributed by atoms with van der Waals surface area (Å²) in [5.74, 6) is 0.878. The van der Waals surface area contributed by atoms with Crippen LogP contribution in [-0.2, 0) is 14.6 Å². The number of fused-ring (bicyclic) bond motifs is 4. The van der Waals surface area contributed by atoms with E-state index in [4.69, 9.17) is 4.18 Å². The maximum atomic E-state index is 11.6. The van der Waals surface area contributed by atoms with Gasteiger partial charge < -0.3 is 0 Å². The van der Waals surface area contributed by atoms with Crippen LogP contribution in [0.25, 0.3) is 10.9 Å². The third-order valence-electron chi connectivity index (χ3n) is 5.72. The Bertz CT molecular complexity index is 925. The summed E-state index contributed by atoms with van der Waals surface area (Å²) >= 11 is 0. The van der Waals surface area contributed by atoms with E-state index in [1.165, 1.54) is 0 Å². The zero-order valence-corrected chi connectivity index (χ0v) is 15.2. The second-order valence-electron chi connectivity index (χ2n) is 7.11. The lowest BCUT2D eigenvalue weighted by Crippen LogP contribution is -2.55. The molecule has 2 bridgehead atoms. The number of benzene rings is 1. The highest BCUT2D eigenvalue weighted by Gasteiger charge is 2.44. The number of rotatable bonds is 5. The molecule has 0 spiro atoms. The van der Waals surface area contributed by atoms with E-state index in [2.05, 4.69) is 16.5 Å². The van der Waals surface area contributed by atoms with Gasteiger partial charge in [-0.1, -0.05) is 24.3 Å². The summed E-state index contributed by atoms with van der Waals surface area (Å²) in [7, 11) is -4.59. The normalized spacial score (nSPS) is 29.6. The van der Waals surface area contributed by atoms with Gasteiger partial charge >= 0.3 is 10.4 Å². The van der Waals surface area contributed by atoms with Gasteiger partial charge in [0.25, 0.3) is 0 Å². The monoisotopic (exact) mass is 374 g/mol. The van der Waals surface area contributed by atoms with E-state index in [1.54, 1.807) is 12.3 Å². The van der Waals surface area contributed by atoms with Gasteiger partial charge in [-0.25, -0.2) is 4.18 Å². The summed E-state index contributed by atoms with van der Waals surface area (Å²) < 4.78 is 37.9. The van der Waals surface area contributed by atoms with Crippen molar-refractivity contribution in [3.05, 3.63) is 54.7 Å². The van der Waals surface area contributed by atoms with E-state index in [0.29, 0.717) is 11.8 Å². The first-order chi connectivity index (χ1) is 12.5. The molecule has 0 amide bonds. The highest BCUT2D eigenvalue weighted by atomic mass is 32.3. The predicted molar refractivity (Wildman–Crippen MR) is 98.9 cm³/mol. The molecular formula is C19H22N2O4S. The number of nitrogens with zero attached hydrogens (tertiary/aromatic N) is 2. The van der Waals surface area contributed by atoms with E-state index >= 15 is 0 Å². The van der Waals surface area contributed by atoms with Crippen LogP contribution in [0.15, 0.2) is 49.2 Å². The molecule has 4 heterocycles. The largest absolute Gasteiger partial charge is 0.398 e. The van der Waals surface area contributed by atoms with Crippen LogP contribution >= 0.6 is 0 Å². The molecule has 3 saturated heterocycles. The third-order valence-corrected chi connectivity index (χ3v) is 6.17. The zero-order valence-electron chi connectivity index (χ0n) is 14.4. The van der Waals surface area contributed by atoms with Gasteiger partial charge in [-0.3, -0.25) is 14.4 Å². The van der Waals surface area contributed by atoms with Crippen LogP contribution in [0.3, 0.4) is 0 Å². The Morgan fingerprint density at radius 2 is 2.15 bits per heavy atom. The lowest BCUT2D eigenvalue weighted by molar-refractivity contribution is -0.0365. The van der Waals surface area contributed by atoms with Crippen LogP contribution in [0.4, 0.5) is 0 Å². The fourth-order valence-corrected chi connectivity index (χ4v) is 5.01. The van der Waals surface area contributed by atoms with E-state index < -0.39 is 16.5 Å². The van der Waals surface area contributed by atoms with Crippen molar-refractivity contribution in [3.8, 4) is 0 Å². The van der Waals surface area contributed by atoms with Gasteiger partial charge in [-0.05, 0) is 48.9 Å². The summed E-state index contributed by atoms with van der Waals surface area (Å²) in [5, 5.41) is 0.839. The summed E-state index contributed by atoms with van der Waals surface area (Å²) in [4.78, 5) is 6.61. The van der Waals surface area contributed by atoms with Crippen LogP contribution in [-0.4, -0.2) is 42.0 Å². The molecule has 6 nitrogen and oxygen atoms in total. The summed E-state index contributed by atoms with van der Waals surface area (Å²) in [6.45, 7) is 5.67. The predicted octanol–water partition coefficient (Wildman–Crippen LogP) is 2.99. The van der Waals surface area contributed by atoms with Crippen molar-refractivity contribution in [2.45, 2.75) is 25.0 Å². The molecule has 1 unspecified atom stereocenters. The maximum absolute atomic E-state index is 11.6. The minimum Gasteiger partial charge on any atom is -0.297 e. The third kappa shape index (κ3) is 3.27. The first-order valence-electron chi connectivity index (χ1n) is 8.82. The molecule has 3 fully saturated rings. The second-order valence-corrected chi connectivity index (χ2v) is 8.16. The van der Waals surface area contributed by atoms with Crippen molar-refractivity contribution in [1.82, 2.24) is 9.88 Å². The van der Waals surface area contributed by atoms with Crippen molar-refractivity contribution in [2.75, 3.05) is 13.1 Å². The molecule has 1 aromatic carbocycles. The number of aromatic nitrogens is 1. The van der Waals surface area contributed by atoms with E-state index in [9.17, 15) is 13.0 Å². The fourth-order valence-electron chi connectivity index (χ4n) is 4.51. The Hall–Kier alpha value is -1.80. The van der Waals surface area contributed by atoms with E-state index in [1.807, 2.05) is 30.3 Å². The van der Waals surface area contributed by atoms with Gasteiger partial charge in [-0.2, -0.15) is 8.42 Å². The number of pyridine rings is 1. The first kappa shape index (κ1) is 17.6. The van der Waals surface area contributed by atoms with Gasteiger partial charge in [0.15, 0.2) is 0 Å². The highest BCUT2D eigenvalue weighted by Crippen LogP contribution is 2.43. The molecular weight excluding hydrogens is 352 g/mol. The van der Waals surface area contributed by atoms with Crippen molar-refractivity contribution in [2.24, 2.45) is 11.8 Å². The van der Waals surface area contributed by atoms with Crippen LogP contribution in [0.5, 0.6) is 0 Å². The van der Waals surface area contributed by atoms with E-state index in [-0.39, 0.29) is 6.04 Å². The van der Waals surface area contributed by atoms with Crippen molar-refractivity contribution in [3.63, 3.8) is 0 Å². The van der Waals surface area contributed by atoms with Gasteiger partial charge in [0.05, 0.1) is 5.52 Å². The standard InChI is InChI=1S/C19H22N2O4S/c1-2-13-12-21-10-8-14(13)11-18(21)19(25-26(22,23)24)16-7-9-20-17-6-4-3-5-15(16)17/h2-7,9,13-14,18-19H,1,8,10-12H2,(H,22,23,24)/t13-,14-,18-,19+/m0/s1. The van der Waals surface area contributed by atoms with Crippen molar-refractivity contribution in [1.29, 1.82) is 0 Å². The Labute approximate surface area is 153 Å². The van der Waals surface area contributed by atoms with Gasteiger partial charge in [-0.15, -0.1) is 6.58 Å². The van der Waals surface area contributed by atoms with E-state index in [0.717, 1.165) is 42.4 Å². The first-order valence-corrected chi connectivity index (χ1v) is 10.2.